The fourth-order valence-electron chi connectivity index (χ4n) is 2.34. The van der Waals surface area contributed by atoms with Crippen molar-refractivity contribution in [2.75, 3.05) is 5.32 Å². The molecule has 0 aliphatic heterocycles. The molecule has 6 heteroatoms. The summed E-state index contributed by atoms with van der Waals surface area (Å²) in [6.45, 7) is 0. The molecule has 22 heavy (non-hydrogen) atoms. The van der Waals surface area contributed by atoms with E-state index in [-0.39, 0.29) is 11.9 Å². The molecule has 5 nitrogen and oxygen atoms in total. The van der Waals surface area contributed by atoms with Crippen LogP contribution in [0.5, 0.6) is 0 Å². The molecule has 3 rings (SSSR count). The average molecular weight is 315 g/mol. The summed E-state index contributed by atoms with van der Waals surface area (Å²) in [5.74, 6) is 0.505. The molecule has 3 aromatic rings. The Morgan fingerprint density at radius 3 is 2.59 bits per heavy atom. The predicted octanol–water partition coefficient (Wildman–Crippen LogP) is 3.48. The SMILES string of the molecule is O=C(CC(c1ccc(Cl)cc1)n1cccc1)Nc1ccn[nH]1. The number of rotatable bonds is 5. The largest absolute Gasteiger partial charge is 0.346 e. The fourth-order valence-corrected chi connectivity index (χ4v) is 2.46. The standard InChI is InChI=1S/C16H15ClN4O/c17-13-5-3-12(4-6-13)14(21-9-1-2-10-21)11-16(22)19-15-7-8-18-20-15/h1-10,14H,11H2,(H2,18,19,20,22). The first kappa shape index (κ1) is 14.4. The Morgan fingerprint density at radius 2 is 1.95 bits per heavy atom. The minimum absolute atomic E-state index is 0.0853. The number of halogens is 1. The molecular formula is C16H15ClN4O. The van der Waals surface area contributed by atoms with Crippen molar-refractivity contribution in [3.63, 3.8) is 0 Å². The molecule has 0 aliphatic rings. The first-order chi connectivity index (χ1) is 10.7. The lowest BCUT2D eigenvalue weighted by Gasteiger charge is -2.19. The van der Waals surface area contributed by atoms with Crippen molar-refractivity contribution >= 4 is 23.3 Å². The summed E-state index contributed by atoms with van der Waals surface area (Å²) in [7, 11) is 0. The smallest absolute Gasteiger partial charge is 0.227 e. The molecule has 1 amide bonds. The first-order valence-corrected chi connectivity index (χ1v) is 7.27. The van der Waals surface area contributed by atoms with Crippen molar-refractivity contribution in [2.45, 2.75) is 12.5 Å². The third-order valence-corrected chi connectivity index (χ3v) is 3.65. The van der Waals surface area contributed by atoms with E-state index in [9.17, 15) is 4.79 Å². The van der Waals surface area contributed by atoms with Gasteiger partial charge < -0.3 is 9.88 Å². The zero-order valence-electron chi connectivity index (χ0n) is 11.7. The summed E-state index contributed by atoms with van der Waals surface area (Å²) in [5, 5.41) is 10.0. The minimum Gasteiger partial charge on any atom is -0.346 e. The van der Waals surface area contributed by atoms with Crippen LogP contribution in [0.1, 0.15) is 18.0 Å². The molecule has 0 fully saturated rings. The number of H-pyrrole nitrogens is 1. The van der Waals surface area contributed by atoms with E-state index in [0.717, 1.165) is 5.56 Å². The van der Waals surface area contributed by atoms with E-state index in [1.54, 1.807) is 12.3 Å². The number of hydrogen-bond acceptors (Lipinski definition) is 2. The Balaban J connectivity index is 1.80. The van der Waals surface area contributed by atoms with E-state index in [1.165, 1.54) is 0 Å². The summed E-state index contributed by atoms with van der Waals surface area (Å²) in [6.07, 6.45) is 5.80. The van der Waals surface area contributed by atoms with Gasteiger partial charge in [-0.25, -0.2) is 0 Å². The molecule has 2 N–H and O–H groups in total. The van der Waals surface area contributed by atoms with Crippen molar-refractivity contribution in [3.8, 4) is 0 Å². The third kappa shape index (κ3) is 3.38. The topological polar surface area (TPSA) is 62.7 Å². The Kier molecular flexibility index (Phi) is 4.25. The zero-order chi connectivity index (χ0) is 15.4. The molecule has 2 aromatic heterocycles. The molecule has 2 heterocycles. The van der Waals surface area contributed by atoms with Crippen LogP contribution in [0.25, 0.3) is 0 Å². The van der Waals surface area contributed by atoms with E-state index in [1.807, 2.05) is 53.4 Å². The molecular weight excluding hydrogens is 300 g/mol. The Morgan fingerprint density at radius 1 is 1.23 bits per heavy atom. The second kappa shape index (κ2) is 6.49. The quantitative estimate of drug-likeness (QED) is 0.757. The van der Waals surface area contributed by atoms with Crippen LogP contribution < -0.4 is 5.32 Å². The van der Waals surface area contributed by atoms with Gasteiger partial charge in [0.2, 0.25) is 5.91 Å². The van der Waals surface area contributed by atoms with Crippen LogP contribution in [0, 0.1) is 0 Å². The van der Waals surface area contributed by atoms with Gasteiger partial charge in [-0.15, -0.1) is 0 Å². The number of carbonyl (C=O) groups is 1. The Hall–Kier alpha value is -2.53. The second-order valence-electron chi connectivity index (χ2n) is 4.92. The van der Waals surface area contributed by atoms with Crippen LogP contribution in [0.4, 0.5) is 5.82 Å². The van der Waals surface area contributed by atoms with Gasteiger partial charge in [0.15, 0.2) is 0 Å². The number of anilines is 1. The maximum absolute atomic E-state index is 12.3. The lowest BCUT2D eigenvalue weighted by atomic mass is 10.0. The van der Waals surface area contributed by atoms with Crippen molar-refractivity contribution < 1.29 is 4.79 Å². The lowest BCUT2D eigenvalue weighted by Crippen LogP contribution is -2.19. The zero-order valence-corrected chi connectivity index (χ0v) is 12.5. The number of aromatic amines is 1. The van der Waals surface area contributed by atoms with Gasteiger partial charge >= 0.3 is 0 Å². The monoisotopic (exact) mass is 314 g/mol. The van der Waals surface area contributed by atoms with E-state index in [2.05, 4.69) is 15.5 Å². The summed E-state index contributed by atoms with van der Waals surface area (Å²) >= 11 is 5.94. The lowest BCUT2D eigenvalue weighted by molar-refractivity contribution is -0.116. The maximum atomic E-state index is 12.3. The van der Waals surface area contributed by atoms with E-state index in [4.69, 9.17) is 11.6 Å². The highest BCUT2D eigenvalue weighted by Gasteiger charge is 2.17. The van der Waals surface area contributed by atoms with Gasteiger partial charge in [-0.2, -0.15) is 5.10 Å². The van der Waals surface area contributed by atoms with Crippen LogP contribution in [0.2, 0.25) is 5.02 Å². The van der Waals surface area contributed by atoms with Gasteiger partial charge in [0.05, 0.1) is 18.7 Å². The van der Waals surface area contributed by atoms with Crippen LogP contribution in [0.3, 0.4) is 0 Å². The third-order valence-electron chi connectivity index (χ3n) is 3.40. The van der Waals surface area contributed by atoms with Gasteiger partial charge in [-0.1, -0.05) is 23.7 Å². The number of amides is 1. The normalized spacial score (nSPS) is 12.0. The highest BCUT2D eigenvalue weighted by atomic mass is 35.5. The maximum Gasteiger partial charge on any atom is 0.227 e. The van der Waals surface area contributed by atoms with E-state index in [0.29, 0.717) is 17.3 Å². The number of nitrogens with one attached hydrogen (secondary N) is 2. The highest BCUT2D eigenvalue weighted by Crippen LogP contribution is 2.24. The summed E-state index contributed by atoms with van der Waals surface area (Å²) < 4.78 is 2.01. The van der Waals surface area contributed by atoms with Gasteiger partial charge in [-0.3, -0.25) is 9.89 Å². The van der Waals surface area contributed by atoms with Crippen molar-refractivity contribution in [2.24, 2.45) is 0 Å². The van der Waals surface area contributed by atoms with Crippen LogP contribution in [-0.2, 0) is 4.79 Å². The predicted molar refractivity (Wildman–Crippen MR) is 85.9 cm³/mol. The van der Waals surface area contributed by atoms with Crippen LogP contribution in [0.15, 0.2) is 61.1 Å². The van der Waals surface area contributed by atoms with Crippen LogP contribution >= 0.6 is 11.6 Å². The highest BCUT2D eigenvalue weighted by molar-refractivity contribution is 6.30. The summed E-state index contributed by atoms with van der Waals surface area (Å²) in [5.41, 5.74) is 1.03. The molecule has 0 saturated carbocycles. The number of nitrogens with zero attached hydrogens (tertiary/aromatic N) is 2. The van der Waals surface area contributed by atoms with Gasteiger partial charge in [-0.05, 0) is 29.8 Å². The first-order valence-electron chi connectivity index (χ1n) is 6.89. The molecule has 1 unspecified atom stereocenters. The number of aromatic nitrogens is 3. The van der Waals surface area contributed by atoms with Gasteiger partial charge in [0.1, 0.15) is 5.82 Å². The Bertz CT molecular complexity index is 720. The molecule has 0 saturated heterocycles. The van der Waals surface area contributed by atoms with E-state index >= 15 is 0 Å². The molecule has 0 aliphatic carbocycles. The molecule has 0 bridgehead atoms. The molecule has 0 spiro atoms. The number of benzene rings is 1. The van der Waals surface area contributed by atoms with Gasteiger partial charge in [0, 0.05) is 23.5 Å². The molecule has 112 valence electrons. The number of carbonyl (C=O) groups excluding carboxylic acids is 1. The summed E-state index contributed by atoms with van der Waals surface area (Å²) in [4.78, 5) is 12.3. The van der Waals surface area contributed by atoms with Crippen molar-refractivity contribution in [3.05, 3.63) is 71.6 Å². The fraction of sp³-hybridized carbons (Fsp3) is 0.125. The summed E-state index contributed by atoms with van der Waals surface area (Å²) in [6, 6.07) is 13.1. The van der Waals surface area contributed by atoms with Gasteiger partial charge in [0.25, 0.3) is 0 Å². The molecule has 1 aromatic carbocycles. The molecule has 0 radical (unpaired) electrons. The van der Waals surface area contributed by atoms with Crippen LogP contribution in [-0.4, -0.2) is 20.7 Å². The second-order valence-corrected chi connectivity index (χ2v) is 5.36. The van der Waals surface area contributed by atoms with E-state index < -0.39 is 0 Å². The Labute approximate surface area is 132 Å². The van der Waals surface area contributed by atoms with Crippen molar-refractivity contribution in [1.29, 1.82) is 0 Å². The average Bonchev–Trinajstić information content (AvgIpc) is 3.19. The van der Waals surface area contributed by atoms with Crippen molar-refractivity contribution in [1.82, 2.24) is 14.8 Å². The molecule has 1 atom stereocenters. The number of hydrogen-bond donors (Lipinski definition) is 2. The minimum atomic E-state index is -0.0878.